The number of hydrogen-bond acceptors (Lipinski definition) is 3. The highest BCUT2D eigenvalue weighted by atomic mass is 14.8. The van der Waals surface area contributed by atoms with E-state index in [0.29, 0.717) is 0 Å². The standard InChI is InChI=1S/C19H13N3/c1-2-5-18-16(4-1)12-17(13-22-18)14-6-8-15(9-7-14)19-20-10-3-11-21-19/h1-13H. The van der Waals surface area contributed by atoms with E-state index in [1.54, 1.807) is 12.4 Å². The van der Waals surface area contributed by atoms with E-state index in [9.17, 15) is 0 Å². The molecule has 22 heavy (non-hydrogen) atoms. The third-order valence-electron chi connectivity index (χ3n) is 3.63. The molecule has 4 rings (SSSR count). The lowest BCUT2D eigenvalue weighted by atomic mass is 10.0. The van der Waals surface area contributed by atoms with Crippen LogP contribution < -0.4 is 0 Å². The Labute approximate surface area is 128 Å². The number of para-hydroxylation sites is 1. The first-order valence-electron chi connectivity index (χ1n) is 7.13. The Morgan fingerprint density at radius 1 is 0.591 bits per heavy atom. The van der Waals surface area contributed by atoms with Gasteiger partial charge in [0.2, 0.25) is 0 Å². The Morgan fingerprint density at radius 3 is 2.14 bits per heavy atom. The van der Waals surface area contributed by atoms with Crippen LogP contribution in [-0.4, -0.2) is 15.0 Å². The number of pyridine rings is 1. The number of aromatic nitrogens is 3. The Bertz CT molecular complexity index is 916. The van der Waals surface area contributed by atoms with Crippen LogP contribution in [0.15, 0.2) is 79.3 Å². The van der Waals surface area contributed by atoms with Crippen LogP contribution in [0.2, 0.25) is 0 Å². The van der Waals surface area contributed by atoms with E-state index in [2.05, 4.69) is 39.2 Å². The van der Waals surface area contributed by atoms with E-state index in [1.165, 1.54) is 0 Å². The Morgan fingerprint density at radius 2 is 1.32 bits per heavy atom. The molecule has 2 aromatic carbocycles. The summed E-state index contributed by atoms with van der Waals surface area (Å²) >= 11 is 0. The highest BCUT2D eigenvalue weighted by Gasteiger charge is 2.03. The molecule has 0 aliphatic carbocycles. The molecule has 0 fully saturated rings. The van der Waals surface area contributed by atoms with Crippen LogP contribution in [0.25, 0.3) is 33.4 Å². The van der Waals surface area contributed by atoms with Crippen LogP contribution in [0.1, 0.15) is 0 Å². The minimum Gasteiger partial charge on any atom is -0.256 e. The van der Waals surface area contributed by atoms with Crippen molar-refractivity contribution in [2.75, 3.05) is 0 Å². The number of benzene rings is 2. The van der Waals surface area contributed by atoms with Crippen molar-refractivity contribution in [3.8, 4) is 22.5 Å². The number of rotatable bonds is 2. The van der Waals surface area contributed by atoms with Gasteiger partial charge in [-0.25, -0.2) is 9.97 Å². The van der Waals surface area contributed by atoms with Crippen LogP contribution in [0.3, 0.4) is 0 Å². The maximum absolute atomic E-state index is 4.51. The fourth-order valence-corrected chi connectivity index (χ4v) is 2.49. The third kappa shape index (κ3) is 2.33. The van der Waals surface area contributed by atoms with Gasteiger partial charge in [0.05, 0.1) is 5.52 Å². The van der Waals surface area contributed by atoms with Crippen LogP contribution in [-0.2, 0) is 0 Å². The zero-order valence-corrected chi connectivity index (χ0v) is 11.8. The van der Waals surface area contributed by atoms with E-state index in [0.717, 1.165) is 33.4 Å². The van der Waals surface area contributed by atoms with Crippen molar-refractivity contribution in [2.24, 2.45) is 0 Å². The topological polar surface area (TPSA) is 38.7 Å². The lowest BCUT2D eigenvalue weighted by molar-refractivity contribution is 1.18. The minimum atomic E-state index is 0.741. The molecule has 0 radical (unpaired) electrons. The summed E-state index contributed by atoms with van der Waals surface area (Å²) < 4.78 is 0. The van der Waals surface area contributed by atoms with Crippen LogP contribution in [0.5, 0.6) is 0 Å². The van der Waals surface area contributed by atoms with E-state index in [4.69, 9.17) is 0 Å². The molecule has 0 bridgehead atoms. The number of nitrogens with zero attached hydrogens (tertiary/aromatic N) is 3. The predicted molar refractivity (Wildman–Crippen MR) is 88.2 cm³/mol. The zero-order chi connectivity index (χ0) is 14.8. The smallest absolute Gasteiger partial charge is 0.159 e. The molecule has 3 heteroatoms. The molecule has 0 atom stereocenters. The van der Waals surface area contributed by atoms with Gasteiger partial charge in [-0.05, 0) is 23.8 Å². The van der Waals surface area contributed by atoms with Crippen molar-refractivity contribution in [3.63, 3.8) is 0 Å². The van der Waals surface area contributed by atoms with Gasteiger partial charge in [-0.2, -0.15) is 0 Å². The van der Waals surface area contributed by atoms with Gasteiger partial charge in [0.1, 0.15) is 0 Å². The summed E-state index contributed by atoms with van der Waals surface area (Å²) in [6, 6.07) is 20.4. The Kier molecular flexibility index (Phi) is 3.09. The predicted octanol–water partition coefficient (Wildman–Crippen LogP) is 4.36. The summed E-state index contributed by atoms with van der Waals surface area (Å²) in [5, 5.41) is 1.15. The Balaban J connectivity index is 1.73. The number of hydrogen-bond donors (Lipinski definition) is 0. The van der Waals surface area contributed by atoms with E-state index in [-0.39, 0.29) is 0 Å². The highest BCUT2D eigenvalue weighted by Crippen LogP contribution is 2.24. The summed E-state index contributed by atoms with van der Waals surface area (Å²) in [4.78, 5) is 13.1. The molecule has 3 nitrogen and oxygen atoms in total. The van der Waals surface area contributed by atoms with Crippen molar-refractivity contribution in [1.29, 1.82) is 0 Å². The summed E-state index contributed by atoms with van der Waals surface area (Å²) in [5.74, 6) is 0.741. The second kappa shape index (κ2) is 5.37. The molecular weight excluding hydrogens is 270 g/mol. The molecule has 0 saturated heterocycles. The maximum Gasteiger partial charge on any atom is 0.159 e. The lowest BCUT2D eigenvalue weighted by Gasteiger charge is -2.05. The molecule has 0 unspecified atom stereocenters. The SMILES string of the molecule is c1cnc(-c2ccc(-c3cnc4ccccc4c3)cc2)nc1. The van der Waals surface area contributed by atoms with Crippen molar-refractivity contribution < 1.29 is 0 Å². The van der Waals surface area contributed by atoms with Gasteiger partial charge < -0.3 is 0 Å². The Hall–Kier alpha value is -3.07. The quantitative estimate of drug-likeness (QED) is 0.548. The summed E-state index contributed by atoms with van der Waals surface area (Å²) in [6.45, 7) is 0. The van der Waals surface area contributed by atoms with Crippen LogP contribution in [0, 0.1) is 0 Å². The average molecular weight is 283 g/mol. The average Bonchev–Trinajstić information content (AvgIpc) is 2.62. The fourth-order valence-electron chi connectivity index (χ4n) is 2.49. The van der Waals surface area contributed by atoms with Crippen LogP contribution in [0.4, 0.5) is 0 Å². The molecule has 0 saturated carbocycles. The molecule has 2 heterocycles. The molecule has 0 spiro atoms. The summed E-state index contributed by atoms with van der Waals surface area (Å²) in [6.07, 6.45) is 5.42. The van der Waals surface area contributed by atoms with Gasteiger partial charge in [0.15, 0.2) is 5.82 Å². The minimum absolute atomic E-state index is 0.741. The van der Waals surface area contributed by atoms with Gasteiger partial charge >= 0.3 is 0 Å². The second-order valence-electron chi connectivity index (χ2n) is 5.07. The van der Waals surface area contributed by atoms with Gasteiger partial charge in [-0.1, -0.05) is 42.5 Å². The van der Waals surface area contributed by atoms with E-state index < -0.39 is 0 Å². The van der Waals surface area contributed by atoms with Gasteiger partial charge in [-0.15, -0.1) is 0 Å². The fraction of sp³-hybridized carbons (Fsp3) is 0. The molecule has 0 N–H and O–H groups in total. The molecule has 2 aromatic heterocycles. The van der Waals surface area contributed by atoms with Crippen molar-refractivity contribution in [1.82, 2.24) is 15.0 Å². The largest absolute Gasteiger partial charge is 0.256 e. The monoisotopic (exact) mass is 283 g/mol. The molecular formula is C19H13N3. The maximum atomic E-state index is 4.51. The summed E-state index contributed by atoms with van der Waals surface area (Å²) in [7, 11) is 0. The normalized spacial score (nSPS) is 10.7. The number of fused-ring (bicyclic) bond motifs is 1. The molecule has 104 valence electrons. The first kappa shape index (κ1) is 12.7. The first-order chi connectivity index (χ1) is 10.9. The highest BCUT2D eigenvalue weighted by molar-refractivity contribution is 5.83. The molecule has 0 aliphatic heterocycles. The van der Waals surface area contributed by atoms with Gasteiger partial charge in [0, 0.05) is 35.1 Å². The first-order valence-corrected chi connectivity index (χ1v) is 7.13. The van der Waals surface area contributed by atoms with Gasteiger partial charge in [0.25, 0.3) is 0 Å². The van der Waals surface area contributed by atoms with E-state index in [1.807, 2.05) is 42.6 Å². The zero-order valence-electron chi connectivity index (χ0n) is 11.8. The molecule has 4 aromatic rings. The molecule has 0 amide bonds. The van der Waals surface area contributed by atoms with Gasteiger partial charge in [-0.3, -0.25) is 4.98 Å². The third-order valence-corrected chi connectivity index (χ3v) is 3.63. The van der Waals surface area contributed by atoms with Crippen molar-refractivity contribution in [3.05, 3.63) is 79.3 Å². The lowest BCUT2D eigenvalue weighted by Crippen LogP contribution is -1.87. The van der Waals surface area contributed by atoms with Crippen molar-refractivity contribution in [2.45, 2.75) is 0 Å². The second-order valence-corrected chi connectivity index (χ2v) is 5.07. The van der Waals surface area contributed by atoms with Crippen molar-refractivity contribution >= 4 is 10.9 Å². The van der Waals surface area contributed by atoms with Crippen LogP contribution >= 0.6 is 0 Å². The van der Waals surface area contributed by atoms with E-state index >= 15 is 0 Å². The summed E-state index contributed by atoms with van der Waals surface area (Å²) in [5.41, 5.74) is 4.27. The molecule has 0 aliphatic rings.